The van der Waals surface area contributed by atoms with E-state index < -0.39 is 5.91 Å². The predicted molar refractivity (Wildman–Crippen MR) is 78.1 cm³/mol. The zero-order valence-electron chi connectivity index (χ0n) is 12.1. The largest absolute Gasteiger partial charge is 0.355 e. The molecule has 1 unspecified atom stereocenters. The summed E-state index contributed by atoms with van der Waals surface area (Å²) in [6, 6.07) is 5.33. The summed E-state index contributed by atoms with van der Waals surface area (Å²) in [6.45, 7) is 1.39. The highest BCUT2D eigenvalue weighted by Crippen LogP contribution is 2.26. The Morgan fingerprint density at radius 2 is 2.10 bits per heavy atom. The highest BCUT2D eigenvalue weighted by Gasteiger charge is 2.24. The van der Waals surface area contributed by atoms with Gasteiger partial charge in [0.15, 0.2) is 0 Å². The van der Waals surface area contributed by atoms with Crippen molar-refractivity contribution in [3.8, 4) is 0 Å². The molecule has 21 heavy (non-hydrogen) atoms. The molecule has 6 heteroatoms. The number of fused-ring (bicyclic) bond motifs is 1. The first kappa shape index (κ1) is 15.5. The molecule has 0 aromatic heterocycles. The quantitative estimate of drug-likeness (QED) is 0.355. The Bertz CT molecular complexity index is 531. The van der Waals surface area contributed by atoms with Crippen molar-refractivity contribution in [2.45, 2.75) is 19.3 Å². The van der Waals surface area contributed by atoms with E-state index in [0.29, 0.717) is 18.5 Å². The van der Waals surface area contributed by atoms with Crippen LogP contribution >= 0.6 is 0 Å². The first-order chi connectivity index (χ1) is 10.2. The zero-order chi connectivity index (χ0) is 15.2. The number of rotatable bonds is 5. The van der Waals surface area contributed by atoms with Crippen LogP contribution in [-0.4, -0.2) is 37.2 Å². The summed E-state index contributed by atoms with van der Waals surface area (Å²) in [5.74, 6) is -0.426. The van der Waals surface area contributed by atoms with E-state index in [1.165, 1.54) is 0 Å². The minimum atomic E-state index is -0.510. The SMILES string of the molecule is CNCCNC(=O)C1CCc2cc(C(=O)NO)ccc2C1. The molecule has 114 valence electrons. The molecule has 1 aromatic carbocycles. The third kappa shape index (κ3) is 3.80. The Morgan fingerprint density at radius 1 is 1.29 bits per heavy atom. The second-order valence-corrected chi connectivity index (χ2v) is 5.26. The van der Waals surface area contributed by atoms with Crippen molar-refractivity contribution in [2.24, 2.45) is 5.92 Å². The molecule has 0 heterocycles. The van der Waals surface area contributed by atoms with Crippen LogP contribution in [0.5, 0.6) is 0 Å². The van der Waals surface area contributed by atoms with Crippen LogP contribution in [-0.2, 0) is 17.6 Å². The van der Waals surface area contributed by atoms with Crippen molar-refractivity contribution in [1.29, 1.82) is 0 Å². The van der Waals surface area contributed by atoms with Gasteiger partial charge in [-0.1, -0.05) is 6.07 Å². The lowest BCUT2D eigenvalue weighted by molar-refractivity contribution is -0.125. The monoisotopic (exact) mass is 291 g/mol. The number of likely N-dealkylation sites (N-methyl/N-ethyl adjacent to an activating group) is 1. The zero-order valence-corrected chi connectivity index (χ0v) is 12.1. The topological polar surface area (TPSA) is 90.5 Å². The van der Waals surface area contributed by atoms with Crippen LogP contribution in [0.3, 0.4) is 0 Å². The van der Waals surface area contributed by atoms with Crippen molar-refractivity contribution in [3.05, 3.63) is 34.9 Å². The van der Waals surface area contributed by atoms with E-state index in [1.54, 1.807) is 17.6 Å². The number of aryl methyl sites for hydroxylation is 1. The number of benzene rings is 1. The average Bonchev–Trinajstić information content (AvgIpc) is 2.53. The lowest BCUT2D eigenvalue weighted by Gasteiger charge is -2.24. The fourth-order valence-electron chi connectivity index (χ4n) is 2.64. The van der Waals surface area contributed by atoms with Crippen LogP contribution in [0.25, 0.3) is 0 Å². The van der Waals surface area contributed by atoms with Gasteiger partial charge >= 0.3 is 0 Å². The normalized spacial score (nSPS) is 17.0. The highest BCUT2D eigenvalue weighted by atomic mass is 16.5. The number of carbonyl (C=O) groups excluding carboxylic acids is 2. The lowest BCUT2D eigenvalue weighted by Crippen LogP contribution is -2.37. The number of hydrogen-bond acceptors (Lipinski definition) is 4. The van der Waals surface area contributed by atoms with E-state index in [4.69, 9.17) is 5.21 Å². The third-order valence-corrected chi connectivity index (χ3v) is 3.84. The van der Waals surface area contributed by atoms with E-state index in [2.05, 4.69) is 10.6 Å². The molecule has 6 nitrogen and oxygen atoms in total. The van der Waals surface area contributed by atoms with E-state index >= 15 is 0 Å². The summed E-state index contributed by atoms with van der Waals surface area (Å²) in [6.07, 6.45) is 2.25. The minimum absolute atomic E-state index is 0.00752. The van der Waals surface area contributed by atoms with Crippen LogP contribution in [0.4, 0.5) is 0 Å². The molecule has 1 aromatic rings. The molecule has 1 aliphatic carbocycles. The van der Waals surface area contributed by atoms with Crippen LogP contribution in [0.2, 0.25) is 0 Å². The predicted octanol–water partition coefficient (Wildman–Crippen LogP) is 0.246. The summed E-state index contributed by atoms with van der Waals surface area (Å²) in [7, 11) is 1.85. The number of amides is 2. The van der Waals surface area contributed by atoms with Crippen molar-refractivity contribution >= 4 is 11.8 Å². The Kier molecular flexibility index (Phi) is 5.30. The Labute approximate surface area is 123 Å². The maximum atomic E-state index is 12.1. The van der Waals surface area contributed by atoms with Gasteiger partial charge in [-0.25, -0.2) is 5.48 Å². The van der Waals surface area contributed by atoms with Crippen molar-refractivity contribution in [2.75, 3.05) is 20.1 Å². The van der Waals surface area contributed by atoms with Crippen molar-refractivity contribution in [3.63, 3.8) is 0 Å². The number of nitrogens with one attached hydrogen (secondary N) is 3. The van der Waals surface area contributed by atoms with E-state index in [1.807, 2.05) is 13.1 Å². The lowest BCUT2D eigenvalue weighted by atomic mass is 9.82. The van der Waals surface area contributed by atoms with E-state index in [0.717, 1.165) is 30.5 Å². The van der Waals surface area contributed by atoms with Gasteiger partial charge in [-0.15, -0.1) is 0 Å². The summed E-state index contributed by atoms with van der Waals surface area (Å²) >= 11 is 0. The summed E-state index contributed by atoms with van der Waals surface area (Å²) in [5, 5.41) is 14.6. The molecular formula is C15H21N3O3. The van der Waals surface area contributed by atoms with Crippen molar-refractivity contribution in [1.82, 2.24) is 16.1 Å². The molecule has 1 atom stereocenters. The average molecular weight is 291 g/mol. The highest BCUT2D eigenvalue weighted by molar-refractivity contribution is 5.93. The first-order valence-electron chi connectivity index (χ1n) is 7.14. The van der Waals surface area contributed by atoms with Gasteiger partial charge in [0.1, 0.15) is 0 Å². The summed E-state index contributed by atoms with van der Waals surface area (Å²) < 4.78 is 0. The van der Waals surface area contributed by atoms with Gasteiger partial charge in [0.05, 0.1) is 0 Å². The molecular weight excluding hydrogens is 270 g/mol. The molecule has 0 saturated carbocycles. The summed E-state index contributed by atoms with van der Waals surface area (Å²) in [4.78, 5) is 23.5. The van der Waals surface area contributed by atoms with Gasteiger partial charge in [0.25, 0.3) is 5.91 Å². The smallest absolute Gasteiger partial charge is 0.274 e. The van der Waals surface area contributed by atoms with Gasteiger partial charge < -0.3 is 10.6 Å². The molecule has 0 bridgehead atoms. The maximum absolute atomic E-state index is 12.1. The van der Waals surface area contributed by atoms with Crippen LogP contribution in [0.15, 0.2) is 18.2 Å². The fraction of sp³-hybridized carbons (Fsp3) is 0.467. The van der Waals surface area contributed by atoms with Crippen LogP contribution < -0.4 is 16.1 Å². The minimum Gasteiger partial charge on any atom is -0.355 e. The molecule has 0 aliphatic heterocycles. The second kappa shape index (κ2) is 7.19. The molecule has 0 radical (unpaired) electrons. The van der Waals surface area contributed by atoms with E-state index in [9.17, 15) is 9.59 Å². The van der Waals surface area contributed by atoms with Gasteiger partial charge in [-0.3, -0.25) is 14.8 Å². The van der Waals surface area contributed by atoms with Gasteiger partial charge in [0.2, 0.25) is 5.91 Å². The Balaban J connectivity index is 2.01. The van der Waals surface area contributed by atoms with Crippen LogP contribution in [0, 0.1) is 5.92 Å². The standard InChI is InChI=1S/C15H21N3O3/c1-16-6-7-17-14(19)12-4-2-11-9-13(15(20)18-21)5-3-10(11)8-12/h3,5,9,12,16,21H,2,4,6-8H2,1H3,(H,17,19)(H,18,20). The number of hydrogen-bond donors (Lipinski definition) is 4. The second-order valence-electron chi connectivity index (χ2n) is 5.26. The molecule has 0 spiro atoms. The fourth-order valence-corrected chi connectivity index (χ4v) is 2.64. The molecule has 4 N–H and O–H groups in total. The van der Waals surface area contributed by atoms with Gasteiger partial charge in [-0.05, 0) is 49.6 Å². The third-order valence-electron chi connectivity index (χ3n) is 3.84. The number of hydroxylamine groups is 1. The summed E-state index contributed by atoms with van der Waals surface area (Å²) in [5.41, 5.74) is 4.25. The van der Waals surface area contributed by atoms with Crippen molar-refractivity contribution < 1.29 is 14.8 Å². The number of carbonyl (C=O) groups is 2. The van der Waals surface area contributed by atoms with Crippen LogP contribution in [0.1, 0.15) is 27.9 Å². The molecule has 1 aliphatic rings. The molecule has 0 fully saturated rings. The van der Waals surface area contributed by atoms with E-state index in [-0.39, 0.29) is 11.8 Å². The molecule has 2 amide bonds. The molecule has 2 rings (SSSR count). The van der Waals surface area contributed by atoms with Gasteiger partial charge in [0, 0.05) is 24.6 Å². The first-order valence-corrected chi connectivity index (χ1v) is 7.14. The molecule has 0 saturated heterocycles. The maximum Gasteiger partial charge on any atom is 0.274 e. The Hall–Kier alpha value is -1.92. The Morgan fingerprint density at radius 3 is 2.81 bits per heavy atom. The van der Waals surface area contributed by atoms with Gasteiger partial charge in [-0.2, -0.15) is 0 Å².